The highest BCUT2D eigenvalue weighted by Crippen LogP contribution is 2.07. The number of unbranched alkanes of at least 4 members (excludes halogenated alkanes) is 5. The second kappa shape index (κ2) is 10.6. The van der Waals surface area contributed by atoms with Crippen molar-refractivity contribution < 1.29 is 9.90 Å². The zero-order valence-electron chi connectivity index (χ0n) is 11.7. The Hall–Kier alpha value is -0.570. The molecule has 0 heterocycles. The van der Waals surface area contributed by atoms with Crippen LogP contribution in [0, 0.1) is 5.92 Å². The Balaban J connectivity index is 3.51. The molecule has 2 N–H and O–H groups in total. The lowest BCUT2D eigenvalue weighted by Gasteiger charge is -2.16. The summed E-state index contributed by atoms with van der Waals surface area (Å²) in [5.74, 6) is -0.294. The molecule has 0 aliphatic carbocycles. The van der Waals surface area contributed by atoms with Gasteiger partial charge in [0, 0.05) is 0 Å². The predicted molar refractivity (Wildman–Crippen MR) is 72.3 cm³/mol. The van der Waals surface area contributed by atoms with Crippen molar-refractivity contribution >= 4 is 5.97 Å². The maximum Gasteiger partial charge on any atom is 0.320 e. The summed E-state index contributed by atoms with van der Waals surface area (Å²) >= 11 is 0. The summed E-state index contributed by atoms with van der Waals surface area (Å²) in [7, 11) is 0. The van der Waals surface area contributed by atoms with Crippen molar-refractivity contribution in [2.24, 2.45) is 5.92 Å². The molecule has 0 aliphatic heterocycles. The van der Waals surface area contributed by atoms with E-state index in [4.69, 9.17) is 5.11 Å². The van der Waals surface area contributed by atoms with Gasteiger partial charge in [0.25, 0.3) is 0 Å². The van der Waals surface area contributed by atoms with Crippen LogP contribution in [0.5, 0.6) is 0 Å². The van der Waals surface area contributed by atoms with E-state index in [0.717, 1.165) is 13.0 Å². The monoisotopic (exact) mass is 243 g/mol. The molecule has 102 valence electrons. The Labute approximate surface area is 106 Å². The molecule has 0 radical (unpaired) electrons. The molecule has 0 aromatic heterocycles. The normalized spacial score (nSPS) is 12.9. The molecule has 17 heavy (non-hydrogen) atoms. The minimum atomic E-state index is -0.718. The van der Waals surface area contributed by atoms with Crippen LogP contribution in [-0.2, 0) is 4.79 Å². The smallest absolute Gasteiger partial charge is 0.320 e. The topological polar surface area (TPSA) is 49.3 Å². The summed E-state index contributed by atoms with van der Waals surface area (Å²) in [6.07, 6.45) is 8.19. The number of aliphatic carboxylic acids is 1. The highest BCUT2D eigenvalue weighted by atomic mass is 16.4. The Morgan fingerprint density at radius 3 is 2.24 bits per heavy atom. The van der Waals surface area contributed by atoms with Crippen molar-refractivity contribution in [2.45, 2.75) is 71.8 Å². The number of nitrogens with one attached hydrogen (secondary N) is 1. The van der Waals surface area contributed by atoms with Crippen molar-refractivity contribution in [1.82, 2.24) is 5.32 Å². The van der Waals surface area contributed by atoms with Crippen LogP contribution in [0.15, 0.2) is 0 Å². The number of hydrogen-bond acceptors (Lipinski definition) is 2. The van der Waals surface area contributed by atoms with Crippen LogP contribution in [0.4, 0.5) is 0 Å². The first-order valence-corrected chi connectivity index (χ1v) is 7.04. The number of carboxylic acid groups (broad SMARTS) is 1. The Bertz CT molecular complexity index is 193. The minimum absolute atomic E-state index is 0.370. The van der Waals surface area contributed by atoms with Crippen molar-refractivity contribution in [3.8, 4) is 0 Å². The van der Waals surface area contributed by atoms with E-state index in [0.29, 0.717) is 12.3 Å². The number of rotatable bonds is 11. The zero-order chi connectivity index (χ0) is 13.1. The fourth-order valence-corrected chi connectivity index (χ4v) is 1.92. The van der Waals surface area contributed by atoms with E-state index in [9.17, 15) is 4.79 Å². The van der Waals surface area contributed by atoms with Gasteiger partial charge in [-0.05, 0) is 25.3 Å². The first kappa shape index (κ1) is 16.4. The second-order valence-electron chi connectivity index (χ2n) is 5.24. The van der Waals surface area contributed by atoms with Gasteiger partial charge in [-0.1, -0.05) is 52.9 Å². The van der Waals surface area contributed by atoms with Gasteiger partial charge in [0.05, 0.1) is 0 Å². The van der Waals surface area contributed by atoms with Gasteiger partial charge in [0.15, 0.2) is 0 Å². The van der Waals surface area contributed by atoms with Crippen molar-refractivity contribution in [2.75, 3.05) is 6.54 Å². The summed E-state index contributed by atoms with van der Waals surface area (Å²) < 4.78 is 0. The summed E-state index contributed by atoms with van der Waals surface area (Å²) in [4.78, 5) is 11.0. The first-order valence-electron chi connectivity index (χ1n) is 7.04. The van der Waals surface area contributed by atoms with E-state index in [1.165, 1.54) is 32.1 Å². The number of hydrogen-bond donors (Lipinski definition) is 2. The highest BCUT2D eigenvalue weighted by molar-refractivity contribution is 5.73. The van der Waals surface area contributed by atoms with Crippen LogP contribution in [0.3, 0.4) is 0 Å². The van der Waals surface area contributed by atoms with E-state index in [1.54, 1.807) is 0 Å². The molecule has 0 bridgehead atoms. The van der Waals surface area contributed by atoms with Crippen LogP contribution in [0.1, 0.15) is 65.7 Å². The summed E-state index contributed by atoms with van der Waals surface area (Å²) in [6, 6.07) is -0.370. The van der Waals surface area contributed by atoms with E-state index in [-0.39, 0.29) is 6.04 Å². The lowest BCUT2D eigenvalue weighted by Crippen LogP contribution is -2.38. The molecule has 0 amide bonds. The molecule has 0 saturated heterocycles. The largest absolute Gasteiger partial charge is 0.480 e. The molecule has 0 spiro atoms. The van der Waals surface area contributed by atoms with Gasteiger partial charge in [-0.25, -0.2) is 0 Å². The Morgan fingerprint density at radius 2 is 1.71 bits per heavy atom. The molecule has 0 saturated carbocycles. The molecule has 0 rings (SSSR count). The van der Waals surface area contributed by atoms with Crippen molar-refractivity contribution in [1.29, 1.82) is 0 Å². The van der Waals surface area contributed by atoms with Gasteiger partial charge in [-0.2, -0.15) is 0 Å². The molecule has 0 aliphatic rings. The molecule has 0 aromatic carbocycles. The van der Waals surface area contributed by atoms with Crippen molar-refractivity contribution in [3.63, 3.8) is 0 Å². The summed E-state index contributed by atoms with van der Waals surface area (Å²) in [6.45, 7) is 7.16. The fourth-order valence-electron chi connectivity index (χ4n) is 1.92. The van der Waals surface area contributed by atoms with E-state index < -0.39 is 5.97 Å². The fraction of sp³-hybridized carbons (Fsp3) is 0.929. The van der Waals surface area contributed by atoms with Crippen LogP contribution in [-0.4, -0.2) is 23.7 Å². The third kappa shape index (κ3) is 10.3. The summed E-state index contributed by atoms with van der Waals surface area (Å²) in [5.41, 5.74) is 0. The standard InChI is InChI=1S/C14H29NO2/c1-4-5-6-7-8-9-10-15-13(14(16)17)11-12(2)3/h12-13,15H,4-11H2,1-3H3,(H,16,17)/t13-/m0/s1. The van der Waals surface area contributed by atoms with E-state index in [1.807, 2.05) is 0 Å². The maximum atomic E-state index is 11.0. The van der Waals surface area contributed by atoms with E-state index in [2.05, 4.69) is 26.1 Å². The van der Waals surface area contributed by atoms with Crippen LogP contribution < -0.4 is 5.32 Å². The van der Waals surface area contributed by atoms with Crippen LogP contribution in [0.25, 0.3) is 0 Å². The Kier molecular flexibility index (Phi) is 10.2. The molecule has 1 atom stereocenters. The summed E-state index contributed by atoms with van der Waals surface area (Å²) in [5, 5.41) is 12.2. The average molecular weight is 243 g/mol. The SMILES string of the molecule is CCCCCCCCN[C@@H](CC(C)C)C(=O)O. The molecular weight excluding hydrogens is 214 g/mol. The molecule has 3 heteroatoms. The number of carboxylic acids is 1. The molecule has 0 unspecified atom stereocenters. The van der Waals surface area contributed by atoms with Gasteiger partial charge in [-0.15, -0.1) is 0 Å². The maximum absolute atomic E-state index is 11.0. The van der Waals surface area contributed by atoms with Gasteiger partial charge < -0.3 is 10.4 Å². The first-order chi connectivity index (χ1) is 8.07. The third-order valence-electron chi connectivity index (χ3n) is 2.93. The zero-order valence-corrected chi connectivity index (χ0v) is 11.7. The Morgan fingerprint density at radius 1 is 1.12 bits per heavy atom. The molecule has 0 fully saturated rings. The van der Waals surface area contributed by atoms with Gasteiger partial charge in [-0.3, -0.25) is 4.79 Å². The molecule has 3 nitrogen and oxygen atoms in total. The van der Waals surface area contributed by atoms with Crippen molar-refractivity contribution in [3.05, 3.63) is 0 Å². The lowest BCUT2D eigenvalue weighted by atomic mass is 10.0. The number of carbonyl (C=O) groups is 1. The lowest BCUT2D eigenvalue weighted by molar-refractivity contribution is -0.139. The predicted octanol–water partition coefficient (Wildman–Crippen LogP) is 3.44. The molecule has 0 aromatic rings. The van der Waals surface area contributed by atoms with E-state index >= 15 is 0 Å². The van der Waals surface area contributed by atoms with Crippen LogP contribution in [0.2, 0.25) is 0 Å². The third-order valence-corrected chi connectivity index (χ3v) is 2.93. The second-order valence-corrected chi connectivity index (χ2v) is 5.24. The minimum Gasteiger partial charge on any atom is -0.480 e. The quantitative estimate of drug-likeness (QED) is 0.547. The molecular formula is C14H29NO2. The van der Waals surface area contributed by atoms with Gasteiger partial charge >= 0.3 is 5.97 Å². The van der Waals surface area contributed by atoms with Gasteiger partial charge in [0.2, 0.25) is 0 Å². The van der Waals surface area contributed by atoms with Gasteiger partial charge in [0.1, 0.15) is 6.04 Å². The average Bonchev–Trinajstić information content (AvgIpc) is 2.25. The highest BCUT2D eigenvalue weighted by Gasteiger charge is 2.17. The van der Waals surface area contributed by atoms with Crippen LogP contribution >= 0.6 is 0 Å².